The molecule has 0 aliphatic heterocycles. The summed E-state index contributed by atoms with van der Waals surface area (Å²) in [4.78, 5) is 4.46. The first-order valence-electron chi connectivity index (χ1n) is 6.59. The second kappa shape index (κ2) is 8.89. The highest BCUT2D eigenvalue weighted by Crippen LogP contribution is 2.16. The fourth-order valence-corrected chi connectivity index (χ4v) is 1.58. The van der Waals surface area contributed by atoms with Gasteiger partial charge in [-0.2, -0.15) is 0 Å². The second-order valence-corrected chi connectivity index (χ2v) is 4.24. The molecule has 0 aromatic carbocycles. The zero-order valence-electron chi connectivity index (χ0n) is 11.7. The van der Waals surface area contributed by atoms with Crippen LogP contribution in [0.2, 0.25) is 0 Å². The van der Waals surface area contributed by atoms with Gasteiger partial charge in [-0.15, -0.1) is 0 Å². The van der Waals surface area contributed by atoms with Crippen LogP contribution in [0.3, 0.4) is 0 Å². The van der Waals surface area contributed by atoms with E-state index in [0.29, 0.717) is 19.8 Å². The van der Waals surface area contributed by atoms with Crippen LogP contribution in [0, 0.1) is 6.92 Å². The summed E-state index contributed by atoms with van der Waals surface area (Å²) < 4.78 is 11.2. The van der Waals surface area contributed by atoms with Crippen LogP contribution in [0.15, 0.2) is 12.1 Å². The molecular formula is C14H24N2O2. The topological polar surface area (TPSA) is 43.4 Å². The Labute approximate surface area is 110 Å². The quantitative estimate of drug-likeness (QED) is 0.685. The molecule has 1 N–H and O–H groups in total. The number of hydrogen-bond donors (Lipinski definition) is 1. The minimum Gasteiger partial charge on any atom is -0.489 e. The predicted octanol–water partition coefficient (Wildman–Crippen LogP) is 2.30. The zero-order chi connectivity index (χ0) is 13.2. The minimum atomic E-state index is 0.575. The van der Waals surface area contributed by atoms with Crippen LogP contribution in [0.5, 0.6) is 5.75 Å². The SMILES string of the molecule is CCCCOCCOc1ccc(C)nc1CNC. The summed E-state index contributed by atoms with van der Waals surface area (Å²) >= 11 is 0. The van der Waals surface area contributed by atoms with Crippen LogP contribution in [-0.4, -0.2) is 31.9 Å². The third kappa shape index (κ3) is 5.47. The molecule has 0 amide bonds. The van der Waals surface area contributed by atoms with Gasteiger partial charge >= 0.3 is 0 Å². The van der Waals surface area contributed by atoms with Crippen molar-refractivity contribution in [2.75, 3.05) is 26.9 Å². The lowest BCUT2D eigenvalue weighted by molar-refractivity contribution is 0.0975. The lowest BCUT2D eigenvalue weighted by Crippen LogP contribution is -2.12. The van der Waals surface area contributed by atoms with Gasteiger partial charge in [-0.3, -0.25) is 4.98 Å². The number of nitrogens with one attached hydrogen (secondary N) is 1. The van der Waals surface area contributed by atoms with Crippen molar-refractivity contribution in [1.29, 1.82) is 0 Å². The van der Waals surface area contributed by atoms with Crippen molar-refractivity contribution >= 4 is 0 Å². The van der Waals surface area contributed by atoms with E-state index in [2.05, 4.69) is 17.2 Å². The number of nitrogens with zero attached hydrogens (tertiary/aromatic N) is 1. The number of aromatic nitrogens is 1. The van der Waals surface area contributed by atoms with E-state index >= 15 is 0 Å². The van der Waals surface area contributed by atoms with Gasteiger partial charge in [0, 0.05) is 18.8 Å². The lowest BCUT2D eigenvalue weighted by Gasteiger charge is -2.11. The Morgan fingerprint density at radius 1 is 1.22 bits per heavy atom. The van der Waals surface area contributed by atoms with Crippen LogP contribution < -0.4 is 10.1 Å². The first-order chi connectivity index (χ1) is 8.77. The number of hydrogen-bond acceptors (Lipinski definition) is 4. The smallest absolute Gasteiger partial charge is 0.142 e. The molecule has 0 bridgehead atoms. The molecule has 102 valence electrons. The highest BCUT2D eigenvalue weighted by molar-refractivity contribution is 5.29. The van der Waals surface area contributed by atoms with Crippen molar-refractivity contribution in [3.63, 3.8) is 0 Å². The molecule has 0 atom stereocenters. The first-order valence-corrected chi connectivity index (χ1v) is 6.59. The van der Waals surface area contributed by atoms with E-state index in [1.54, 1.807) is 0 Å². The first kappa shape index (κ1) is 14.9. The standard InChI is InChI=1S/C14H24N2O2/c1-4-5-8-17-9-10-18-14-7-6-12(2)16-13(14)11-15-3/h6-7,15H,4-5,8-11H2,1-3H3. The van der Waals surface area contributed by atoms with E-state index < -0.39 is 0 Å². The highest BCUT2D eigenvalue weighted by atomic mass is 16.5. The second-order valence-electron chi connectivity index (χ2n) is 4.24. The number of unbranched alkanes of at least 4 members (excludes halogenated alkanes) is 1. The van der Waals surface area contributed by atoms with Gasteiger partial charge in [0.1, 0.15) is 12.4 Å². The van der Waals surface area contributed by atoms with Crippen LogP contribution in [0.25, 0.3) is 0 Å². The number of ether oxygens (including phenoxy) is 2. The lowest BCUT2D eigenvalue weighted by atomic mass is 10.3. The van der Waals surface area contributed by atoms with Gasteiger partial charge in [0.05, 0.1) is 12.3 Å². The Kier molecular flexibility index (Phi) is 7.37. The highest BCUT2D eigenvalue weighted by Gasteiger charge is 2.04. The maximum absolute atomic E-state index is 5.70. The van der Waals surface area contributed by atoms with Crippen LogP contribution in [-0.2, 0) is 11.3 Å². The van der Waals surface area contributed by atoms with Crippen LogP contribution in [0.1, 0.15) is 31.2 Å². The Hall–Kier alpha value is -1.13. The maximum Gasteiger partial charge on any atom is 0.142 e. The molecule has 0 unspecified atom stereocenters. The Balaban J connectivity index is 2.36. The monoisotopic (exact) mass is 252 g/mol. The molecular weight excluding hydrogens is 228 g/mol. The molecule has 4 nitrogen and oxygen atoms in total. The van der Waals surface area contributed by atoms with Crippen molar-refractivity contribution in [3.05, 3.63) is 23.5 Å². The van der Waals surface area contributed by atoms with Crippen LogP contribution in [0.4, 0.5) is 0 Å². The zero-order valence-corrected chi connectivity index (χ0v) is 11.7. The molecule has 18 heavy (non-hydrogen) atoms. The van der Waals surface area contributed by atoms with Crippen LogP contribution >= 0.6 is 0 Å². The molecule has 1 aromatic heterocycles. The van der Waals surface area contributed by atoms with E-state index in [1.807, 2.05) is 26.1 Å². The van der Waals surface area contributed by atoms with Crippen molar-refractivity contribution in [1.82, 2.24) is 10.3 Å². The molecule has 0 aliphatic carbocycles. The molecule has 1 aromatic rings. The van der Waals surface area contributed by atoms with E-state index in [0.717, 1.165) is 36.6 Å². The van der Waals surface area contributed by atoms with E-state index in [9.17, 15) is 0 Å². The van der Waals surface area contributed by atoms with Gasteiger partial charge in [-0.1, -0.05) is 13.3 Å². The van der Waals surface area contributed by atoms with Gasteiger partial charge in [0.15, 0.2) is 0 Å². The number of rotatable bonds is 9. The normalized spacial score (nSPS) is 10.6. The van der Waals surface area contributed by atoms with Gasteiger partial charge in [0.25, 0.3) is 0 Å². The van der Waals surface area contributed by atoms with Gasteiger partial charge in [-0.25, -0.2) is 0 Å². The van der Waals surface area contributed by atoms with Crippen molar-refractivity contribution < 1.29 is 9.47 Å². The Morgan fingerprint density at radius 2 is 2.06 bits per heavy atom. The average Bonchev–Trinajstić information content (AvgIpc) is 2.36. The van der Waals surface area contributed by atoms with Gasteiger partial charge in [0.2, 0.25) is 0 Å². The fourth-order valence-electron chi connectivity index (χ4n) is 1.58. The molecule has 0 radical (unpaired) electrons. The Morgan fingerprint density at radius 3 is 2.78 bits per heavy atom. The predicted molar refractivity (Wildman–Crippen MR) is 73.0 cm³/mol. The molecule has 1 heterocycles. The third-order valence-corrected chi connectivity index (χ3v) is 2.54. The summed E-state index contributed by atoms with van der Waals surface area (Å²) in [6.45, 7) is 6.87. The summed E-state index contributed by atoms with van der Waals surface area (Å²) in [7, 11) is 1.90. The van der Waals surface area contributed by atoms with Crippen molar-refractivity contribution in [2.45, 2.75) is 33.2 Å². The molecule has 0 saturated heterocycles. The van der Waals surface area contributed by atoms with E-state index in [-0.39, 0.29) is 0 Å². The third-order valence-electron chi connectivity index (χ3n) is 2.54. The minimum absolute atomic E-state index is 0.575. The molecule has 0 saturated carbocycles. The van der Waals surface area contributed by atoms with E-state index in [1.165, 1.54) is 0 Å². The van der Waals surface area contributed by atoms with Crippen molar-refractivity contribution in [3.8, 4) is 5.75 Å². The van der Waals surface area contributed by atoms with E-state index in [4.69, 9.17) is 9.47 Å². The molecule has 0 spiro atoms. The fraction of sp³-hybridized carbons (Fsp3) is 0.643. The molecule has 0 fully saturated rings. The van der Waals surface area contributed by atoms with Gasteiger partial charge in [-0.05, 0) is 32.5 Å². The maximum atomic E-state index is 5.70. The average molecular weight is 252 g/mol. The summed E-state index contributed by atoms with van der Waals surface area (Å²) in [5, 5.41) is 3.10. The largest absolute Gasteiger partial charge is 0.489 e. The summed E-state index contributed by atoms with van der Waals surface area (Å²) in [6, 6.07) is 3.94. The summed E-state index contributed by atoms with van der Waals surface area (Å²) in [6.07, 6.45) is 2.27. The van der Waals surface area contributed by atoms with Gasteiger partial charge < -0.3 is 14.8 Å². The summed E-state index contributed by atoms with van der Waals surface area (Å²) in [5.41, 5.74) is 1.96. The van der Waals surface area contributed by atoms with Crippen molar-refractivity contribution in [2.24, 2.45) is 0 Å². The molecule has 0 aliphatic rings. The summed E-state index contributed by atoms with van der Waals surface area (Å²) in [5.74, 6) is 0.842. The Bertz CT molecular complexity index is 343. The number of aryl methyl sites for hydroxylation is 1. The number of pyridine rings is 1. The molecule has 1 rings (SSSR count). The molecule has 4 heteroatoms.